The number of rotatable bonds is 0. The molecule has 2 aromatic rings. The van der Waals surface area contributed by atoms with Gasteiger partial charge in [-0.05, 0) is 26.0 Å². The Morgan fingerprint density at radius 1 is 0.933 bits per heavy atom. The van der Waals surface area contributed by atoms with Crippen LogP contribution in [0.25, 0.3) is 11.0 Å². The number of aromatic nitrogens is 2. The van der Waals surface area contributed by atoms with Gasteiger partial charge in [0.25, 0.3) is 0 Å². The van der Waals surface area contributed by atoms with Crippen molar-refractivity contribution in [3.8, 4) is 23.7 Å². The average molecular weight is 212 g/mol. The van der Waals surface area contributed by atoms with E-state index in [-0.39, 0.29) is 0 Å². The maximum atomic E-state index is 4.24. The van der Waals surface area contributed by atoms with Crippen molar-refractivity contribution in [2.75, 3.05) is 0 Å². The fraction of sp³-hybridized carbons (Fsp3) is 0.167. The molecule has 1 aromatic heterocycles. The van der Waals surface area contributed by atoms with Crippen LogP contribution in [-0.2, 0) is 0 Å². The van der Waals surface area contributed by atoms with E-state index in [1.807, 2.05) is 26.0 Å². The third kappa shape index (κ3) is 1.70. The van der Waals surface area contributed by atoms with Gasteiger partial charge in [-0.3, -0.25) is 0 Å². The normalized spacial score (nSPS) is 8.93. The molecule has 72 valence electrons. The molecule has 2 rings (SSSR count). The lowest BCUT2D eigenvalue weighted by atomic mass is 10.1. The maximum Gasteiger partial charge on any atom is 0.121 e. The summed E-state index contributed by atoms with van der Waals surface area (Å²) in [6.07, 6.45) is 0. The van der Waals surface area contributed by atoms with E-state index in [9.17, 15) is 0 Å². The molecule has 0 aliphatic carbocycles. The Kier molecular flexibility index (Phi) is 2.67. The van der Waals surface area contributed by atoms with Gasteiger partial charge in [0, 0.05) is 0 Å². The van der Waals surface area contributed by atoms with Crippen molar-refractivity contribution in [1.82, 2.24) is 8.75 Å². The summed E-state index contributed by atoms with van der Waals surface area (Å²) < 4.78 is 8.48. The van der Waals surface area contributed by atoms with Gasteiger partial charge in [0.1, 0.15) is 11.0 Å². The molecule has 0 aliphatic rings. The van der Waals surface area contributed by atoms with E-state index >= 15 is 0 Å². The first kappa shape index (κ1) is 9.71. The van der Waals surface area contributed by atoms with Gasteiger partial charge in [0.15, 0.2) is 0 Å². The molecule has 0 amide bonds. The predicted octanol–water partition coefficient (Wildman–Crippen LogP) is 2.43. The van der Waals surface area contributed by atoms with E-state index in [1.165, 1.54) is 11.7 Å². The van der Waals surface area contributed by atoms with E-state index < -0.39 is 0 Å². The molecule has 0 spiro atoms. The molecular weight excluding hydrogens is 204 g/mol. The minimum Gasteiger partial charge on any atom is -0.172 e. The van der Waals surface area contributed by atoms with Crippen LogP contribution < -0.4 is 0 Å². The Labute approximate surface area is 92.7 Å². The van der Waals surface area contributed by atoms with Gasteiger partial charge in [0.05, 0.1) is 22.9 Å². The lowest BCUT2D eigenvalue weighted by Crippen LogP contribution is -1.83. The van der Waals surface area contributed by atoms with Crippen LogP contribution in [-0.4, -0.2) is 8.75 Å². The topological polar surface area (TPSA) is 25.8 Å². The maximum absolute atomic E-state index is 4.24. The quantitative estimate of drug-likeness (QED) is 0.627. The van der Waals surface area contributed by atoms with Crippen LogP contribution in [0.1, 0.15) is 25.0 Å². The number of hydrogen-bond donors (Lipinski definition) is 0. The Balaban J connectivity index is 2.78. The monoisotopic (exact) mass is 212 g/mol. The molecule has 1 aromatic carbocycles. The van der Waals surface area contributed by atoms with Gasteiger partial charge in [-0.1, -0.05) is 11.8 Å². The molecule has 0 unspecified atom stereocenters. The van der Waals surface area contributed by atoms with Crippen LogP contribution in [0.2, 0.25) is 0 Å². The number of fused-ring (bicyclic) bond motifs is 1. The van der Waals surface area contributed by atoms with Crippen LogP contribution in [0.3, 0.4) is 0 Å². The van der Waals surface area contributed by atoms with E-state index in [0.717, 1.165) is 22.2 Å². The number of benzene rings is 1. The molecule has 0 N–H and O–H groups in total. The van der Waals surface area contributed by atoms with E-state index in [0.29, 0.717) is 0 Å². The van der Waals surface area contributed by atoms with Crippen LogP contribution in [0.15, 0.2) is 12.1 Å². The van der Waals surface area contributed by atoms with Crippen molar-refractivity contribution in [2.24, 2.45) is 0 Å². The summed E-state index contributed by atoms with van der Waals surface area (Å²) in [5.41, 5.74) is 3.55. The summed E-state index contributed by atoms with van der Waals surface area (Å²) >= 11 is 1.20. The van der Waals surface area contributed by atoms with Crippen LogP contribution in [0.5, 0.6) is 0 Å². The first-order valence-electron chi connectivity index (χ1n) is 4.47. The molecule has 0 saturated carbocycles. The summed E-state index contributed by atoms with van der Waals surface area (Å²) in [4.78, 5) is 0. The fourth-order valence-corrected chi connectivity index (χ4v) is 1.91. The van der Waals surface area contributed by atoms with Gasteiger partial charge >= 0.3 is 0 Å². The van der Waals surface area contributed by atoms with Gasteiger partial charge in [-0.15, -0.1) is 11.8 Å². The van der Waals surface area contributed by atoms with E-state index in [2.05, 4.69) is 32.4 Å². The molecular formula is C12H8N2S. The first-order chi connectivity index (χ1) is 7.36. The van der Waals surface area contributed by atoms with Crippen molar-refractivity contribution >= 4 is 22.8 Å². The van der Waals surface area contributed by atoms with Crippen molar-refractivity contribution < 1.29 is 0 Å². The molecule has 3 heteroatoms. The lowest BCUT2D eigenvalue weighted by Gasteiger charge is -1.94. The van der Waals surface area contributed by atoms with Crippen LogP contribution >= 0.6 is 11.7 Å². The van der Waals surface area contributed by atoms with Crippen molar-refractivity contribution in [3.05, 3.63) is 23.3 Å². The predicted molar refractivity (Wildman–Crippen MR) is 62.5 cm³/mol. The largest absolute Gasteiger partial charge is 0.172 e. The van der Waals surface area contributed by atoms with Crippen molar-refractivity contribution in [3.63, 3.8) is 0 Å². The van der Waals surface area contributed by atoms with Gasteiger partial charge in [-0.2, -0.15) is 8.75 Å². The first-order valence-corrected chi connectivity index (χ1v) is 5.20. The van der Waals surface area contributed by atoms with Gasteiger partial charge in [-0.25, -0.2) is 0 Å². The smallest absolute Gasteiger partial charge is 0.121 e. The Morgan fingerprint density at radius 2 is 1.40 bits per heavy atom. The second-order valence-electron chi connectivity index (χ2n) is 2.87. The summed E-state index contributed by atoms with van der Waals surface area (Å²) in [5, 5.41) is 0. The standard InChI is InChI=1S/C12H8N2S/c1-3-5-9-7-8-10(6-4-2)12-11(9)13-15-14-12/h7-8H,1-2H3. The second kappa shape index (κ2) is 4.13. The number of nitrogens with zero attached hydrogens (tertiary/aromatic N) is 2. The zero-order valence-corrected chi connectivity index (χ0v) is 9.27. The highest BCUT2D eigenvalue weighted by Gasteiger charge is 2.06. The van der Waals surface area contributed by atoms with Crippen LogP contribution in [0, 0.1) is 23.7 Å². The third-order valence-corrected chi connectivity index (χ3v) is 2.46. The molecule has 0 saturated heterocycles. The Bertz CT molecular complexity index is 564. The summed E-state index contributed by atoms with van der Waals surface area (Å²) in [6.45, 7) is 3.62. The highest BCUT2D eigenvalue weighted by atomic mass is 32.1. The molecule has 0 aliphatic heterocycles. The zero-order chi connectivity index (χ0) is 10.7. The van der Waals surface area contributed by atoms with E-state index in [1.54, 1.807) is 0 Å². The van der Waals surface area contributed by atoms with Gasteiger partial charge < -0.3 is 0 Å². The third-order valence-electron chi connectivity index (χ3n) is 1.93. The number of hydrogen-bond acceptors (Lipinski definition) is 3. The Hall–Kier alpha value is -1.84. The second-order valence-corrected chi connectivity index (χ2v) is 3.40. The highest BCUT2D eigenvalue weighted by Crippen LogP contribution is 2.19. The van der Waals surface area contributed by atoms with E-state index in [4.69, 9.17) is 0 Å². The SMILES string of the molecule is CC#Cc1ccc(C#CC)c2nsnc12. The minimum atomic E-state index is 0.856. The average Bonchev–Trinajstić information content (AvgIpc) is 2.71. The van der Waals surface area contributed by atoms with Gasteiger partial charge in [0.2, 0.25) is 0 Å². The fourth-order valence-electron chi connectivity index (χ4n) is 1.34. The summed E-state index contributed by atoms with van der Waals surface area (Å²) in [6, 6.07) is 3.89. The lowest BCUT2D eigenvalue weighted by molar-refractivity contribution is 1.58. The molecule has 0 radical (unpaired) electrons. The minimum absolute atomic E-state index is 0.856. The molecule has 15 heavy (non-hydrogen) atoms. The molecule has 0 fully saturated rings. The van der Waals surface area contributed by atoms with Crippen LogP contribution in [0.4, 0.5) is 0 Å². The van der Waals surface area contributed by atoms with Crippen molar-refractivity contribution in [2.45, 2.75) is 13.8 Å². The summed E-state index contributed by atoms with van der Waals surface area (Å²) in [5.74, 6) is 11.8. The molecule has 0 atom stereocenters. The molecule has 2 nitrogen and oxygen atoms in total. The zero-order valence-electron chi connectivity index (χ0n) is 8.46. The highest BCUT2D eigenvalue weighted by molar-refractivity contribution is 7.00. The molecule has 0 bridgehead atoms. The molecule has 1 heterocycles. The van der Waals surface area contributed by atoms with Crippen molar-refractivity contribution in [1.29, 1.82) is 0 Å². The Morgan fingerprint density at radius 3 is 1.80 bits per heavy atom. The summed E-state index contributed by atoms with van der Waals surface area (Å²) in [7, 11) is 0.